The minimum atomic E-state index is -0.506. The van der Waals surface area contributed by atoms with Crippen LogP contribution in [0.1, 0.15) is 45.1 Å². The van der Waals surface area contributed by atoms with Gasteiger partial charge in [-0.1, -0.05) is 36.8 Å². The summed E-state index contributed by atoms with van der Waals surface area (Å²) in [6.07, 6.45) is 5.45. The number of anilines is 2. The number of nitrogens with one attached hydrogen (secondary N) is 1. The van der Waals surface area contributed by atoms with Crippen molar-refractivity contribution in [3.8, 4) is 0 Å². The van der Waals surface area contributed by atoms with E-state index in [0.717, 1.165) is 50.3 Å². The Hall–Kier alpha value is -2.94. The number of amides is 1. The van der Waals surface area contributed by atoms with E-state index < -0.39 is 5.69 Å². The van der Waals surface area contributed by atoms with Gasteiger partial charge in [-0.05, 0) is 50.3 Å². The van der Waals surface area contributed by atoms with E-state index in [4.69, 9.17) is 0 Å². The number of fused-ring (bicyclic) bond motifs is 1. The molecule has 1 N–H and O–H groups in total. The van der Waals surface area contributed by atoms with Crippen molar-refractivity contribution in [2.45, 2.75) is 59.0 Å². The highest BCUT2D eigenvalue weighted by Crippen LogP contribution is 2.28. The highest BCUT2D eigenvalue weighted by Gasteiger charge is 2.22. The SMILES string of the molecule is CCCCc1ccc(NC(=O)Cn2c(=O)n(CC)c(=O)c3sc(N4CCCC4)nc32)cc1. The van der Waals surface area contributed by atoms with E-state index in [9.17, 15) is 14.4 Å². The summed E-state index contributed by atoms with van der Waals surface area (Å²) in [5, 5.41) is 3.59. The van der Waals surface area contributed by atoms with Gasteiger partial charge in [0.2, 0.25) is 5.91 Å². The van der Waals surface area contributed by atoms with Gasteiger partial charge in [-0.15, -0.1) is 0 Å². The van der Waals surface area contributed by atoms with Crippen LogP contribution in [0, 0.1) is 0 Å². The normalized spacial score (nSPS) is 13.8. The third-order valence-electron chi connectivity index (χ3n) is 5.81. The standard InChI is InChI=1S/C23H29N5O3S/c1-3-5-8-16-9-11-17(12-10-16)24-18(29)15-28-20-19(21(30)27(4-2)23(28)31)32-22(25-20)26-13-6-7-14-26/h9-12H,3-8,13-15H2,1-2H3,(H,24,29). The summed E-state index contributed by atoms with van der Waals surface area (Å²) in [7, 11) is 0. The zero-order chi connectivity index (χ0) is 22.7. The fourth-order valence-electron chi connectivity index (χ4n) is 4.01. The Morgan fingerprint density at radius 2 is 1.81 bits per heavy atom. The number of hydrogen-bond acceptors (Lipinski definition) is 6. The average molecular weight is 456 g/mol. The minimum absolute atomic E-state index is 0.198. The number of unbranched alkanes of at least 4 members (excludes halogenated alkanes) is 1. The molecule has 3 aromatic rings. The molecule has 1 aromatic carbocycles. The van der Waals surface area contributed by atoms with Gasteiger partial charge >= 0.3 is 5.69 Å². The number of benzene rings is 1. The lowest BCUT2D eigenvalue weighted by Crippen LogP contribution is -2.41. The van der Waals surface area contributed by atoms with Crippen LogP contribution in [0.3, 0.4) is 0 Å². The number of aromatic nitrogens is 3. The molecule has 0 bridgehead atoms. The minimum Gasteiger partial charge on any atom is -0.348 e. The summed E-state index contributed by atoms with van der Waals surface area (Å²) in [5.74, 6) is -0.327. The molecular formula is C23H29N5O3S. The molecule has 8 nitrogen and oxygen atoms in total. The maximum absolute atomic E-state index is 13.0. The summed E-state index contributed by atoms with van der Waals surface area (Å²) in [6.45, 7) is 5.73. The largest absolute Gasteiger partial charge is 0.348 e. The molecule has 0 unspecified atom stereocenters. The van der Waals surface area contributed by atoms with Crippen molar-refractivity contribution in [3.63, 3.8) is 0 Å². The van der Waals surface area contributed by atoms with Crippen LogP contribution in [0.5, 0.6) is 0 Å². The molecule has 1 amide bonds. The van der Waals surface area contributed by atoms with E-state index in [1.165, 1.54) is 26.0 Å². The molecule has 1 saturated heterocycles. The Balaban J connectivity index is 1.61. The Labute approximate surface area is 190 Å². The number of thiazole rings is 1. The Kier molecular flexibility index (Phi) is 6.74. The van der Waals surface area contributed by atoms with Gasteiger partial charge < -0.3 is 10.2 Å². The zero-order valence-corrected chi connectivity index (χ0v) is 19.4. The number of nitrogens with zero attached hydrogens (tertiary/aromatic N) is 4. The smallest absolute Gasteiger partial charge is 0.333 e. The van der Waals surface area contributed by atoms with E-state index in [1.54, 1.807) is 6.92 Å². The molecule has 4 rings (SSSR count). The molecule has 9 heteroatoms. The predicted octanol–water partition coefficient (Wildman–Crippen LogP) is 3.22. The quantitative estimate of drug-likeness (QED) is 0.563. The van der Waals surface area contributed by atoms with Crippen molar-refractivity contribution < 1.29 is 4.79 Å². The summed E-state index contributed by atoms with van der Waals surface area (Å²) < 4.78 is 2.91. The lowest BCUT2D eigenvalue weighted by atomic mass is 10.1. The highest BCUT2D eigenvalue weighted by molar-refractivity contribution is 7.22. The van der Waals surface area contributed by atoms with Gasteiger partial charge in [0.1, 0.15) is 11.2 Å². The average Bonchev–Trinajstić information content (AvgIpc) is 3.47. The molecule has 2 aromatic heterocycles. The van der Waals surface area contributed by atoms with Crippen LogP contribution in [0.25, 0.3) is 10.3 Å². The molecular weight excluding hydrogens is 426 g/mol. The maximum atomic E-state index is 13.0. The van der Waals surface area contributed by atoms with Gasteiger partial charge in [0.15, 0.2) is 10.8 Å². The second kappa shape index (κ2) is 9.68. The number of aryl methyl sites for hydroxylation is 1. The fraction of sp³-hybridized carbons (Fsp3) is 0.478. The van der Waals surface area contributed by atoms with Gasteiger partial charge in [-0.3, -0.25) is 18.7 Å². The first-order chi connectivity index (χ1) is 15.5. The number of hydrogen-bond donors (Lipinski definition) is 1. The second-order valence-corrected chi connectivity index (χ2v) is 9.09. The van der Waals surface area contributed by atoms with Gasteiger partial charge in [0.05, 0.1) is 0 Å². The molecule has 0 spiro atoms. The first-order valence-electron chi connectivity index (χ1n) is 11.3. The van der Waals surface area contributed by atoms with E-state index in [2.05, 4.69) is 22.1 Å². The monoisotopic (exact) mass is 455 g/mol. The maximum Gasteiger partial charge on any atom is 0.333 e. The van der Waals surface area contributed by atoms with E-state index in [1.807, 2.05) is 24.3 Å². The first kappa shape index (κ1) is 22.3. The van der Waals surface area contributed by atoms with Crippen LogP contribution in [-0.4, -0.2) is 33.1 Å². The van der Waals surface area contributed by atoms with Crippen molar-refractivity contribution in [3.05, 3.63) is 50.7 Å². The second-order valence-electron chi connectivity index (χ2n) is 8.11. The molecule has 170 valence electrons. The van der Waals surface area contributed by atoms with Gasteiger partial charge in [-0.25, -0.2) is 9.78 Å². The molecule has 1 fully saturated rings. The molecule has 0 atom stereocenters. The number of carbonyl (C=O) groups excluding carboxylic acids is 1. The van der Waals surface area contributed by atoms with Gasteiger partial charge in [0, 0.05) is 25.3 Å². The van der Waals surface area contributed by atoms with Crippen molar-refractivity contribution in [1.29, 1.82) is 0 Å². The van der Waals surface area contributed by atoms with Crippen molar-refractivity contribution in [2.24, 2.45) is 0 Å². The summed E-state index contributed by atoms with van der Waals surface area (Å²) in [5.41, 5.74) is 1.36. The van der Waals surface area contributed by atoms with Gasteiger partial charge in [-0.2, -0.15) is 0 Å². The molecule has 1 aliphatic heterocycles. The molecule has 0 radical (unpaired) electrons. The van der Waals surface area contributed by atoms with E-state index in [0.29, 0.717) is 16.0 Å². The topological polar surface area (TPSA) is 89.2 Å². The van der Waals surface area contributed by atoms with Crippen LogP contribution in [0.15, 0.2) is 33.9 Å². The molecule has 0 saturated carbocycles. The third kappa shape index (κ3) is 4.48. The van der Waals surface area contributed by atoms with Crippen LogP contribution < -0.4 is 21.5 Å². The van der Waals surface area contributed by atoms with Crippen LogP contribution in [0.2, 0.25) is 0 Å². The Morgan fingerprint density at radius 1 is 1.09 bits per heavy atom. The zero-order valence-electron chi connectivity index (χ0n) is 18.6. The van der Waals surface area contributed by atoms with Gasteiger partial charge in [0.25, 0.3) is 5.56 Å². The Morgan fingerprint density at radius 3 is 2.47 bits per heavy atom. The summed E-state index contributed by atoms with van der Waals surface area (Å²) in [4.78, 5) is 45.4. The van der Waals surface area contributed by atoms with E-state index >= 15 is 0 Å². The molecule has 0 aliphatic carbocycles. The molecule has 32 heavy (non-hydrogen) atoms. The summed E-state index contributed by atoms with van der Waals surface area (Å²) in [6, 6.07) is 7.77. The van der Waals surface area contributed by atoms with Crippen molar-refractivity contribution >= 4 is 38.4 Å². The molecule has 3 heterocycles. The van der Waals surface area contributed by atoms with Crippen molar-refractivity contribution in [1.82, 2.24) is 14.1 Å². The van der Waals surface area contributed by atoms with E-state index in [-0.39, 0.29) is 24.6 Å². The number of rotatable bonds is 8. The summed E-state index contributed by atoms with van der Waals surface area (Å²) >= 11 is 1.30. The fourth-order valence-corrected chi connectivity index (χ4v) is 5.08. The van der Waals surface area contributed by atoms with Crippen LogP contribution in [0.4, 0.5) is 10.8 Å². The van der Waals surface area contributed by atoms with Crippen LogP contribution in [-0.2, 0) is 24.3 Å². The molecule has 1 aliphatic rings. The van der Waals surface area contributed by atoms with Crippen LogP contribution >= 0.6 is 11.3 Å². The lowest BCUT2D eigenvalue weighted by Gasteiger charge is -2.12. The van der Waals surface area contributed by atoms with Crippen molar-refractivity contribution in [2.75, 3.05) is 23.3 Å². The lowest BCUT2D eigenvalue weighted by molar-refractivity contribution is -0.116. The highest BCUT2D eigenvalue weighted by atomic mass is 32.1. The predicted molar refractivity (Wildman–Crippen MR) is 129 cm³/mol. The number of carbonyl (C=O) groups is 1. The Bertz CT molecular complexity index is 1220. The first-order valence-corrected chi connectivity index (χ1v) is 12.1. The third-order valence-corrected chi connectivity index (χ3v) is 6.90.